The van der Waals surface area contributed by atoms with Crippen molar-refractivity contribution in [1.82, 2.24) is 9.13 Å². The maximum Gasteiger partial charge on any atom is 0.247 e. The predicted octanol–water partition coefficient (Wildman–Crippen LogP) is 15.9. The summed E-state index contributed by atoms with van der Waals surface area (Å²) in [6.07, 6.45) is 0. The smallest absolute Gasteiger partial charge is 0.247 e. The van der Waals surface area contributed by atoms with Crippen LogP contribution in [0, 0.1) is 0 Å². The first-order valence-electron chi connectivity index (χ1n) is 29.5. The fraction of sp³-hybridized carbons (Fsp3) is 0.432. The highest BCUT2D eigenvalue weighted by Gasteiger charge is 2.46. The highest BCUT2D eigenvalue weighted by Crippen LogP contribution is 2.43. The Morgan fingerprint density at radius 3 is 1.08 bits per heavy atom. The number of rotatable bonds is 2. The van der Waals surface area contributed by atoms with Crippen LogP contribution < -0.4 is 32.8 Å². The molecule has 2 aliphatic rings. The summed E-state index contributed by atoms with van der Waals surface area (Å²) in [5.74, 6) is 0. The van der Waals surface area contributed by atoms with Gasteiger partial charge in [-0.2, -0.15) is 0 Å². The summed E-state index contributed by atoms with van der Waals surface area (Å²) in [7, 11) is 0. The zero-order valence-corrected chi connectivity index (χ0v) is 52.4. The highest BCUT2D eigenvalue weighted by atomic mass is 15.0. The van der Waals surface area contributed by atoms with Crippen LogP contribution in [0.15, 0.2) is 109 Å². The third kappa shape index (κ3) is 8.41. The lowest BCUT2D eigenvalue weighted by molar-refractivity contribution is 0.552. The van der Waals surface area contributed by atoms with Gasteiger partial charge in [0.1, 0.15) is 0 Å². The van der Waals surface area contributed by atoms with Gasteiger partial charge in [-0.25, -0.2) is 0 Å². The summed E-state index contributed by atoms with van der Waals surface area (Å²) in [6, 6.07) is 45.0. The van der Waals surface area contributed by atoms with Crippen LogP contribution in [0.5, 0.6) is 0 Å². The summed E-state index contributed by atoms with van der Waals surface area (Å²) in [5, 5.41) is 5.33. The van der Waals surface area contributed by atoms with Gasteiger partial charge in [0, 0.05) is 44.0 Å². The average molecular weight is 1030 g/mol. The Balaban J connectivity index is 1.41. The molecule has 0 saturated heterocycles. The third-order valence-corrected chi connectivity index (χ3v) is 18.2. The number of hydrogen-bond donors (Lipinski definition) is 0. The molecule has 0 bridgehead atoms. The summed E-state index contributed by atoms with van der Waals surface area (Å²) in [6.45, 7) is 58.0. The summed E-state index contributed by atoms with van der Waals surface area (Å²) < 4.78 is 5.43. The zero-order chi connectivity index (χ0) is 56.9. The van der Waals surface area contributed by atoms with Gasteiger partial charge in [0.2, 0.25) is 13.4 Å². The van der Waals surface area contributed by atoms with E-state index < -0.39 is 0 Å². The molecule has 0 unspecified atom stereocenters. The maximum atomic E-state index is 2.73. The second-order valence-electron chi connectivity index (χ2n) is 32.4. The van der Waals surface area contributed by atoms with E-state index in [0.717, 1.165) is 0 Å². The minimum Gasteiger partial charge on any atom is -0.310 e. The Labute approximate surface area is 471 Å². The Hall–Kier alpha value is -5.73. The number of aromatic nitrogens is 2. The van der Waals surface area contributed by atoms with Crippen LogP contribution in [0.3, 0.4) is 0 Å². The van der Waals surface area contributed by atoms with Crippen LogP contribution in [0.4, 0.5) is 0 Å². The minimum absolute atomic E-state index is 0.00655. The van der Waals surface area contributed by atoms with E-state index >= 15 is 0 Å². The Bertz CT molecular complexity index is 3910. The Morgan fingerprint density at radius 2 is 0.641 bits per heavy atom. The van der Waals surface area contributed by atoms with E-state index in [0.29, 0.717) is 0 Å². The van der Waals surface area contributed by atoms with Crippen LogP contribution in [-0.4, -0.2) is 22.6 Å². The minimum atomic E-state index is -0.153. The predicted molar refractivity (Wildman–Crippen MR) is 347 cm³/mol. The molecule has 0 amide bonds. The van der Waals surface area contributed by atoms with Crippen molar-refractivity contribution in [3.8, 4) is 11.4 Å². The van der Waals surface area contributed by atoms with E-state index in [1.807, 2.05) is 0 Å². The molecule has 0 fully saturated rings. The normalized spacial score (nSPS) is 14.6. The molecule has 0 spiro atoms. The molecule has 4 heteroatoms. The van der Waals surface area contributed by atoms with Gasteiger partial charge in [-0.15, -0.1) is 0 Å². The van der Waals surface area contributed by atoms with Gasteiger partial charge in [0.25, 0.3) is 0 Å². The molecule has 4 heterocycles. The largest absolute Gasteiger partial charge is 0.310 e. The molecule has 2 aliphatic heterocycles. The number of hydrogen-bond acceptors (Lipinski definition) is 0. The van der Waals surface area contributed by atoms with E-state index in [1.165, 1.54) is 132 Å². The van der Waals surface area contributed by atoms with E-state index in [9.17, 15) is 0 Å². The van der Waals surface area contributed by atoms with Crippen molar-refractivity contribution in [2.75, 3.05) is 0 Å². The van der Waals surface area contributed by atoms with Crippen molar-refractivity contribution in [2.45, 2.75) is 209 Å². The first-order chi connectivity index (χ1) is 35.8. The monoisotopic (exact) mass is 1030 g/mol. The number of benzene rings is 7. The number of nitrogens with zero attached hydrogens (tertiary/aromatic N) is 2. The molecule has 0 N–H and O–H groups in total. The summed E-state index contributed by atoms with van der Waals surface area (Å²) in [4.78, 5) is 0. The lowest BCUT2D eigenvalue weighted by Crippen LogP contribution is -2.63. The second kappa shape index (κ2) is 16.9. The highest BCUT2D eigenvalue weighted by molar-refractivity contribution is 7.00. The van der Waals surface area contributed by atoms with Gasteiger partial charge < -0.3 is 9.13 Å². The molecule has 0 radical (unpaired) electrons. The first-order valence-corrected chi connectivity index (χ1v) is 29.5. The fourth-order valence-corrected chi connectivity index (χ4v) is 13.8. The van der Waals surface area contributed by atoms with Crippen molar-refractivity contribution in [3.05, 3.63) is 154 Å². The molecule has 402 valence electrons. The van der Waals surface area contributed by atoms with Crippen molar-refractivity contribution in [2.24, 2.45) is 0 Å². The van der Waals surface area contributed by atoms with E-state index in [1.54, 1.807) is 0 Å². The molecule has 78 heavy (non-hydrogen) atoms. The van der Waals surface area contributed by atoms with Gasteiger partial charge in [-0.3, -0.25) is 0 Å². The van der Waals surface area contributed by atoms with Crippen molar-refractivity contribution < 1.29 is 0 Å². The van der Waals surface area contributed by atoms with Crippen molar-refractivity contribution >= 4 is 89.8 Å². The lowest BCUT2D eigenvalue weighted by atomic mass is 9.30. The van der Waals surface area contributed by atoms with E-state index in [-0.39, 0.29) is 56.7 Å². The zero-order valence-electron chi connectivity index (χ0n) is 52.4. The molecular weight excluding hydrogens is 938 g/mol. The first kappa shape index (κ1) is 54.2. The van der Waals surface area contributed by atoms with Crippen LogP contribution in [0.2, 0.25) is 0 Å². The quantitative estimate of drug-likeness (QED) is 0.153. The van der Waals surface area contributed by atoms with Crippen LogP contribution in [-0.2, 0) is 43.3 Å². The van der Waals surface area contributed by atoms with Gasteiger partial charge in [0.05, 0.1) is 11.0 Å². The van der Waals surface area contributed by atoms with Gasteiger partial charge in [-0.05, 0) is 146 Å². The maximum absolute atomic E-state index is 2.73. The Kier molecular flexibility index (Phi) is 11.8. The number of fused-ring (bicyclic) bond motifs is 10. The van der Waals surface area contributed by atoms with Crippen LogP contribution in [0.1, 0.15) is 211 Å². The van der Waals surface area contributed by atoms with E-state index in [4.69, 9.17) is 0 Å². The van der Waals surface area contributed by atoms with Crippen LogP contribution in [0.25, 0.3) is 55.0 Å². The molecular formula is C74H90B2N2. The topological polar surface area (TPSA) is 9.86 Å². The third-order valence-electron chi connectivity index (χ3n) is 18.2. The molecule has 11 rings (SSSR count). The van der Waals surface area contributed by atoms with Crippen molar-refractivity contribution in [1.29, 1.82) is 0 Å². The second-order valence-corrected chi connectivity index (χ2v) is 32.4. The molecule has 0 aliphatic carbocycles. The molecule has 7 aromatic carbocycles. The molecule has 2 aromatic heterocycles. The van der Waals surface area contributed by atoms with Crippen molar-refractivity contribution in [3.63, 3.8) is 0 Å². The van der Waals surface area contributed by atoms with Gasteiger partial charge in [0.15, 0.2) is 0 Å². The SMILES string of the molecule is CC(C)(C)c1cc(C(C)(C)C)c(B2c3cc4c(cc3-n3c5ccc(C(C)(C)C)cc5c5cccc2c53)B(c2c(C(C)(C)C)cc(C(C)(C)C)cc2C(C)(C)C)c2cc(C(C)(C)C)cc3c5ccccc5n-4c23)c(C(C)(C)C)c1. The average Bonchev–Trinajstić information content (AvgIpc) is 2.44. The van der Waals surface area contributed by atoms with Gasteiger partial charge in [-0.1, -0.05) is 250 Å². The van der Waals surface area contributed by atoms with Gasteiger partial charge >= 0.3 is 0 Å². The number of para-hydroxylation sites is 2. The molecule has 2 nitrogen and oxygen atoms in total. The Morgan fingerprint density at radius 1 is 0.269 bits per heavy atom. The molecule has 9 aromatic rings. The molecule has 0 saturated carbocycles. The molecule has 0 atom stereocenters. The van der Waals surface area contributed by atoms with Crippen LogP contribution >= 0.6 is 0 Å². The summed E-state index contributed by atoms with van der Waals surface area (Å²) >= 11 is 0. The van der Waals surface area contributed by atoms with E-state index in [2.05, 4.69) is 284 Å². The summed E-state index contributed by atoms with van der Waals surface area (Å²) in [5.41, 5.74) is 26.9. The fourth-order valence-electron chi connectivity index (χ4n) is 13.8. The lowest BCUT2D eigenvalue weighted by Gasteiger charge is -2.40. The standard InChI is InChI=1S/C74H90B2N2/c1-67(2,3)43-32-33-60-49(34-43)48-29-27-30-55-65(48)78(60)61-42-57-62(41-56(61)75(55)63-51(71(13,14)15)36-45(69(7,8)9)37-52(63)72(16,17)18)77-59-31-26-25-28-47(59)50-35-44(68(4,5)6)40-58(66(50)77)76(57)64-53(73(19,20)21)38-46(70(10,11)12)39-54(64)74(22,23)24/h25-42H,1-24H3.